The number of quaternary nitrogens is 2. The number of carboxylic acid groups (broad SMARTS) is 1. The monoisotopic (exact) mass is 590 g/mol. The van der Waals surface area contributed by atoms with Gasteiger partial charge in [-0.1, -0.05) is 33.3 Å². The quantitative estimate of drug-likeness (QED) is 0.125. The van der Waals surface area contributed by atoms with E-state index >= 15 is 0 Å². The normalized spacial score (nSPS) is 11.5. The zero-order chi connectivity index (χ0) is 21.0. The summed E-state index contributed by atoms with van der Waals surface area (Å²) in [6, 6.07) is 0. The van der Waals surface area contributed by atoms with Gasteiger partial charge in [-0.05, 0) is 20.3 Å². The number of hydrogen-bond donors (Lipinski definition) is 1. The van der Waals surface area contributed by atoms with E-state index < -0.39 is 11.4 Å². The zero-order valence-electron chi connectivity index (χ0n) is 18.9. The third-order valence-corrected chi connectivity index (χ3v) is 6.57. The van der Waals surface area contributed by atoms with Crippen LogP contribution in [0, 0.1) is 5.41 Å². The summed E-state index contributed by atoms with van der Waals surface area (Å²) in [5, 5.41) is 9.15. The lowest BCUT2D eigenvalue weighted by molar-refractivity contribution is -0.867. The molecule has 1 N–H and O–H groups in total. The number of halogens is 2. The SMILES string of the molecule is CC(=O)SCC[N+](C)(C)C.CC(C)(CCSSCC[N+](C)(C)C)C(=O)O.[Cl-].[I-]. The Kier molecular flexibility index (Phi) is 23.2. The van der Waals surface area contributed by atoms with Crippen molar-refractivity contribution >= 4 is 44.4 Å². The molecule has 172 valence electrons. The van der Waals surface area contributed by atoms with E-state index in [4.69, 9.17) is 5.11 Å². The van der Waals surface area contributed by atoms with Gasteiger partial charge < -0.3 is 50.5 Å². The highest BCUT2D eigenvalue weighted by molar-refractivity contribution is 8.76. The van der Waals surface area contributed by atoms with Crippen LogP contribution >= 0.6 is 33.3 Å². The first-order valence-corrected chi connectivity index (χ1v) is 12.3. The van der Waals surface area contributed by atoms with Gasteiger partial charge in [-0.15, -0.1) is 0 Å². The third kappa shape index (κ3) is 29.3. The van der Waals surface area contributed by atoms with Crippen LogP contribution in [0.4, 0.5) is 0 Å². The number of aliphatic carboxylic acids is 1. The van der Waals surface area contributed by atoms with E-state index in [0.717, 1.165) is 45.7 Å². The number of nitrogens with zero attached hydrogens (tertiary/aromatic N) is 2. The first-order valence-electron chi connectivity index (χ1n) is 8.79. The van der Waals surface area contributed by atoms with Gasteiger partial charge in [0.05, 0.1) is 72.3 Å². The van der Waals surface area contributed by atoms with Crippen LogP contribution in [-0.4, -0.2) is 97.8 Å². The lowest BCUT2D eigenvalue weighted by atomic mass is 9.91. The largest absolute Gasteiger partial charge is 1.00 e. The summed E-state index contributed by atoms with van der Waals surface area (Å²) < 4.78 is 1.91. The van der Waals surface area contributed by atoms with Crippen LogP contribution in [0.2, 0.25) is 0 Å². The number of carbonyl (C=O) groups is 2. The van der Waals surface area contributed by atoms with Crippen molar-refractivity contribution < 1.29 is 60.0 Å². The molecule has 0 atom stereocenters. The summed E-state index contributed by atoms with van der Waals surface area (Å²) in [6.07, 6.45) is 0.727. The minimum Gasteiger partial charge on any atom is -1.00 e. The number of carbonyl (C=O) groups excluding carboxylic acids is 1. The van der Waals surface area contributed by atoms with Crippen molar-refractivity contribution in [2.45, 2.75) is 27.2 Å². The second kappa shape index (κ2) is 17.8. The van der Waals surface area contributed by atoms with Crippen LogP contribution in [0.3, 0.4) is 0 Å². The molecule has 0 aromatic rings. The summed E-state index contributed by atoms with van der Waals surface area (Å²) in [7, 11) is 16.5. The molecule has 0 saturated heterocycles. The summed E-state index contributed by atoms with van der Waals surface area (Å²) >= 11 is 1.40. The van der Waals surface area contributed by atoms with Crippen LogP contribution in [-0.2, 0) is 9.59 Å². The Hall–Kier alpha value is 1.13. The van der Waals surface area contributed by atoms with E-state index in [1.807, 2.05) is 10.8 Å². The molecule has 0 aliphatic carbocycles. The third-order valence-electron chi connectivity index (χ3n) is 3.39. The molecule has 5 nitrogen and oxygen atoms in total. The molecule has 0 aromatic carbocycles. The molecule has 0 aromatic heterocycles. The second-order valence-corrected chi connectivity index (χ2v) is 12.9. The standard InChI is InChI=1S/C11H23NO2S2.C7H16NOS.ClH.HI/c1-11(2,10(13)14)6-8-15-16-9-7-12(3,4)5;1-7(9)10-6-5-8(2,3)4;;/h6-9H2,1-5H3;5-6H2,1-4H3;2*1H/q;+1;;/p-1. The Morgan fingerprint density at radius 3 is 1.61 bits per heavy atom. The summed E-state index contributed by atoms with van der Waals surface area (Å²) in [5.74, 6) is 2.24. The van der Waals surface area contributed by atoms with Gasteiger partial charge in [-0.2, -0.15) is 0 Å². The van der Waals surface area contributed by atoms with Crippen LogP contribution in [0.25, 0.3) is 0 Å². The molecule has 0 spiro atoms. The van der Waals surface area contributed by atoms with Crippen molar-refractivity contribution in [3.05, 3.63) is 0 Å². The topological polar surface area (TPSA) is 54.4 Å². The lowest BCUT2D eigenvalue weighted by Crippen LogP contribution is -3.00. The van der Waals surface area contributed by atoms with Crippen molar-refractivity contribution in [3.8, 4) is 0 Å². The van der Waals surface area contributed by atoms with Gasteiger partial charge in [0.25, 0.3) is 0 Å². The van der Waals surface area contributed by atoms with Crippen molar-refractivity contribution in [3.63, 3.8) is 0 Å². The molecule has 0 saturated carbocycles. The Bertz CT molecular complexity index is 429. The summed E-state index contributed by atoms with van der Waals surface area (Å²) in [4.78, 5) is 21.3. The van der Waals surface area contributed by atoms with Gasteiger partial charge in [0, 0.05) is 12.7 Å². The van der Waals surface area contributed by atoms with Gasteiger partial charge in [-0.3, -0.25) is 9.59 Å². The van der Waals surface area contributed by atoms with Crippen molar-refractivity contribution in [1.29, 1.82) is 0 Å². The Labute approximate surface area is 208 Å². The van der Waals surface area contributed by atoms with Crippen LogP contribution in [0.5, 0.6) is 0 Å². The molecule has 0 amide bonds. The van der Waals surface area contributed by atoms with Crippen LogP contribution in [0.1, 0.15) is 27.2 Å². The Morgan fingerprint density at radius 1 is 0.857 bits per heavy atom. The summed E-state index contributed by atoms with van der Waals surface area (Å²) in [5.41, 5.74) is -0.590. The highest BCUT2D eigenvalue weighted by Gasteiger charge is 2.26. The van der Waals surface area contributed by atoms with Gasteiger partial charge in [-0.25, -0.2) is 0 Å². The Morgan fingerprint density at radius 2 is 1.25 bits per heavy atom. The molecule has 0 radical (unpaired) electrons. The number of hydrogen-bond acceptors (Lipinski definition) is 5. The molecule has 10 heteroatoms. The average molecular weight is 591 g/mol. The number of thioether (sulfide) groups is 1. The second-order valence-electron chi connectivity index (χ2n) is 8.95. The molecule has 0 aliphatic rings. The first kappa shape index (κ1) is 36.5. The lowest BCUT2D eigenvalue weighted by Gasteiger charge is -2.23. The van der Waals surface area contributed by atoms with Crippen LogP contribution in [0.15, 0.2) is 0 Å². The smallest absolute Gasteiger partial charge is 0.309 e. The molecule has 28 heavy (non-hydrogen) atoms. The van der Waals surface area contributed by atoms with Crippen molar-refractivity contribution in [2.24, 2.45) is 5.41 Å². The predicted molar refractivity (Wildman–Crippen MR) is 120 cm³/mol. The minimum absolute atomic E-state index is 0. The van der Waals surface area contributed by atoms with E-state index in [1.165, 1.54) is 11.8 Å². The van der Waals surface area contributed by atoms with Crippen molar-refractivity contribution in [1.82, 2.24) is 0 Å². The molecule has 0 bridgehead atoms. The molecule has 0 fully saturated rings. The average Bonchev–Trinajstić information content (AvgIpc) is 2.40. The number of rotatable bonds is 11. The van der Waals surface area contributed by atoms with E-state index in [0.29, 0.717) is 0 Å². The van der Waals surface area contributed by atoms with E-state index in [-0.39, 0.29) is 41.5 Å². The first-order chi connectivity index (χ1) is 11.6. The minimum atomic E-state index is -0.704. The fraction of sp³-hybridized carbons (Fsp3) is 0.889. The van der Waals surface area contributed by atoms with Crippen molar-refractivity contribution in [2.75, 3.05) is 72.6 Å². The Balaban J connectivity index is -0.000000210. The fourth-order valence-corrected chi connectivity index (χ4v) is 4.85. The molecular formula is C18H40ClIN2O3S3. The highest BCUT2D eigenvalue weighted by atomic mass is 127. The maximum atomic E-state index is 10.9. The fourth-order valence-electron chi connectivity index (χ4n) is 1.30. The summed E-state index contributed by atoms with van der Waals surface area (Å²) in [6.45, 7) is 7.36. The molecule has 0 unspecified atom stereocenters. The molecular weight excluding hydrogens is 551 g/mol. The van der Waals surface area contributed by atoms with Gasteiger partial charge >= 0.3 is 5.97 Å². The van der Waals surface area contributed by atoms with E-state index in [2.05, 4.69) is 42.3 Å². The number of carboxylic acids is 1. The van der Waals surface area contributed by atoms with Gasteiger partial charge in [0.15, 0.2) is 5.12 Å². The zero-order valence-corrected chi connectivity index (χ0v) is 24.2. The predicted octanol–water partition coefficient (Wildman–Crippen LogP) is -2.44. The van der Waals surface area contributed by atoms with Gasteiger partial charge in [0.2, 0.25) is 0 Å². The maximum absolute atomic E-state index is 10.9. The molecule has 0 heterocycles. The molecule has 0 rings (SSSR count). The van der Waals surface area contributed by atoms with Crippen LogP contribution < -0.4 is 36.4 Å². The van der Waals surface area contributed by atoms with E-state index in [1.54, 1.807) is 31.6 Å². The highest BCUT2D eigenvalue weighted by Crippen LogP contribution is 2.28. The maximum Gasteiger partial charge on any atom is 0.309 e. The van der Waals surface area contributed by atoms with E-state index in [9.17, 15) is 9.59 Å². The van der Waals surface area contributed by atoms with Gasteiger partial charge in [0.1, 0.15) is 0 Å². The molecule has 0 aliphatic heterocycles.